The molecule has 4 aromatic rings. The Bertz CT molecular complexity index is 815. The van der Waals surface area contributed by atoms with E-state index in [1.807, 2.05) is 13.8 Å². The van der Waals surface area contributed by atoms with Gasteiger partial charge in [-0.3, -0.25) is 0 Å². The SMILES string of the molecule is CC.CC[Si](CC)c1cc2ccccc2[cH-]1.[Cl-].[Cl-].[Zr+4].c1ccc2[cH-]ccc2c1. The van der Waals surface area contributed by atoms with Gasteiger partial charge in [0.2, 0.25) is 0 Å². The van der Waals surface area contributed by atoms with Crippen molar-refractivity contribution in [3.05, 3.63) is 78.9 Å². The zero-order valence-corrected chi connectivity index (χ0v) is 22.1. The fourth-order valence-electron chi connectivity index (χ4n) is 3.08. The molecule has 0 heterocycles. The summed E-state index contributed by atoms with van der Waals surface area (Å²) in [5.74, 6) is 0. The van der Waals surface area contributed by atoms with Crippen molar-refractivity contribution >= 4 is 35.5 Å². The van der Waals surface area contributed by atoms with E-state index in [9.17, 15) is 0 Å². The van der Waals surface area contributed by atoms with Crippen LogP contribution in [0.25, 0.3) is 21.5 Å². The van der Waals surface area contributed by atoms with Gasteiger partial charge >= 0.3 is 26.2 Å². The molecule has 147 valence electrons. The van der Waals surface area contributed by atoms with E-state index in [2.05, 4.69) is 92.7 Å². The second-order valence-electron chi connectivity index (χ2n) is 5.84. The maximum absolute atomic E-state index is 2.39. The Kier molecular flexibility index (Phi) is 17.1. The van der Waals surface area contributed by atoms with E-state index < -0.39 is 0 Å². The monoisotopic (exact) mass is 505 g/mol. The second-order valence-corrected chi connectivity index (χ2v) is 9.04. The van der Waals surface area contributed by atoms with Gasteiger partial charge in [-0.15, -0.1) is 64.5 Å². The number of benzene rings is 2. The third-order valence-electron chi connectivity index (χ3n) is 4.43. The number of fused-ring (bicyclic) bond motifs is 2. The van der Waals surface area contributed by atoms with E-state index in [4.69, 9.17) is 0 Å². The third kappa shape index (κ3) is 7.99. The van der Waals surface area contributed by atoms with Crippen molar-refractivity contribution in [3.8, 4) is 0 Å². The maximum Gasteiger partial charge on any atom is 4.00 e. The first-order chi connectivity index (χ1) is 12.3. The predicted octanol–water partition coefficient (Wildman–Crippen LogP) is 0.891. The van der Waals surface area contributed by atoms with Gasteiger partial charge in [-0.2, -0.15) is 29.0 Å². The molecule has 0 saturated carbocycles. The van der Waals surface area contributed by atoms with Crippen LogP contribution in [0.3, 0.4) is 0 Å². The molecule has 0 amide bonds. The fraction of sp³-hybridized carbons (Fsp3) is 0.250. The summed E-state index contributed by atoms with van der Waals surface area (Å²) in [4.78, 5) is 0. The first-order valence-electron chi connectivity index (χ1n) is 9.42. The van der Waals surface area contributed by atoms with Crippen LogP contribution >= 0.6 is 0 Å². The Morgan fingerprint density at radius 1 is 0.750 bits per heavy atom. The van der Waals surface area contributed by atoms with Crippen LogP contribution in [0.2, 0.25) is 12.1 Å². The Morgan fingerprint density at radius 2 is 1.29 bits per heavy atom. The van der Waals surface area contributed by atoms with Crippen LogP contribution in [-0.4, -0.2) is 8.80 Å². The minimum Gasteiger partial charge on any atom is -1.00 e. The van der Waals surface area contributed by atoms with Gasteiger partial charge in [-0.1, -0.05) is 51.9 Å². The molecule has 0 aliphatic carbocycles. The second kappa shape index (κ2) is 16.2. The van der Waals surface area contributed by atoms with Crippen molar-refractivity contribution in [1.82, 2.24) is 0 Å². The largest absolute Gasteiger partial charge is 4.00 e. The van der Waals surface area contributed by atoms with E-state index in [-0.39, 0.29) is 59.8 Å². The molecule has 28 heavy (non-hydrogen) atoms. The van der Waals surface area contributed by atoms with E-state index in [1.54, 1.807) is 5.19 Å². The van der Waals surface area contributed by atoms with Crippen LogP contribution in [0, 0.1) is 0 Å². The van der Waals surface area contributed by atoms with Gasteiger partial charge in [-0.25, -0.2) is 0 Å². The summed E-state index contributed by atoms with van der Waals surface area (Å²) in [5.41, 5.74) is 0. The normalized spacial score (nSPS) is 9.18. The molecule has 0 bridgehead atoms. The molecule has 0 nitrogen and oxygen atoms in total. The maximum atomic E-state index is 2.39. The van der Waals surface area contributed by atoms with Crippen molar-refractivity contribution in [1.29, 1.82) is 0 Å². The molecule has 0 unspecified atom stereocenters. The summed E-state index contributed by atoms with van der Waals surface area (Å²) in [7, 11) is -0.262. The molecule has 1 radical (unpaired) electrons. The van der Waals surface area contributed by atoms with Gasteiger partial charge in [0.05, 0.1) is 8.80 Å². The minimum absolute atomic E-state index is 0. The van der Waals surface area contributed by atoms with Crippen molar-refractivity contribution in [2.45, 2.75) is 39.8 Å². The van der Waals surface area contributed by atoms with E-state index in [0.717, 1.165) is 0 Å². The third-order valence-corrected chi connectivity index (χ3v) is 7.24. The summed E-state index contributed by atoms with van der Waals surface area (Å²) < 4.78 is 0. The molecule has 0 saturated heterocycles. The van der Waals surface area contributed by atoms with E-state index in [0.29, 0.717) is 0 Å². The van der Waals surface area contributed by atoms with Gasteiger partial charge in [-0.05, 0) is 0 Å². The molecule has 0 fully saturated rings. The zero-order valence-electron chi connectivity index (χ0n) is 17.2. The molecule has 0 atom stereocenters. The molecule has 0 N–H and O–H groups in total. The van der Waals surface area contributed by atoms with Crippen LogP contribution < -0.4 is 30.0 Å². The molecule has 0 spiro atoms. The average molecular weight is 508 g/mol. The number of hydrogen-bond acceptors (Lipinski definition) is 0. The standard InChI is InChI=1S/C13H16Si.C9H7.C2H6.2ClH.Zr/c1-3-14(4-2)13-9-11-7-5-6-8-12(11)10-13;1-2-5-9-7-3-6-8(9)4-1;1-2;;;/h5-10H,3-4H2,1-2H3;1-7H;1-2H3;2*1H;/q2*-1;;;;+4/p-2. The Morgan fingerprint density at radius 3 is 1.82 bits per heavy atom. The molecular formula is C24H29Cl2SiZr. The smallest absolute Gasteiger partial charge is 1.00 e. The van der Waals surface area contributed by atoms with Crippen LogP contribution in [-0.2, 0) is 26.2 Å². The number of rotatable bonds is 3. The number of halogens is 2. The van der Waals surface area contributed by atoms with Crippen LogP contribution in [0.1, 0.15) is 27.7 Å². The van der Waals surface area contributed by atoms with Crippen LogP contribution in [0.15, 0.2) is 78.9 Å². The van der Waals surface area contributed by atoms with Crippen LogP contribution in [0.4, 0.5) is 0 Å². The fourth-order valence-corrected chi connectivity index (χ4v) is 5.12. The zero-order chi connectivity index (χ0) is 18.1. The van der Waals surface area contributed by atoms with E-state index >= 15 is 0 Å². The molecule has 4 aromatic carbocycles. The van der Waals surface area contributed by atoms with Gasteiger partial charge in [0, 0.05) is 0 Å². The van der Waals surface area contributed by atoms with Gasteiger partial charge in [0.1, 0.15) is 0 Å². The Labute approximate surface area is 204 Å². The molecule has 4 rings (SSSR count). The Hall–Kier alpha value is -0.660. The molecule has 0 aliphatic rings. The Balaban J connectivity index is 0. The van der Waals surface area contributed by atoms with E-state index in [1.165, 1.54) is 33.6 Å². The molecule has 4 heteroatoms. The van der Waals surface area contributed by atoms with Crippen LogP contribution in [0.5, 0.6) is 0 Å². The summed E-state index contributed by atoms with van der Waals surface area (Å²) in [5, 5.41) is 7.09. The average Bonchev–Trinajstić information content (AvgIpc) is 3.31. The minimum atomic E-state index is -0.262. The van der Waals surface area contributed by atoms with Crippen molar-refractivity contribution in [3.63, 3.8) is 0 Å². The summed E-state index contributed by atoms with van der Waals surface area (Å²) in [6.45, 7) is 8.63. The first-order valence-corrected chi connectivity index (χ1v) is 11.3. The van der Waals surface area contributed by atoms with Gasteiger partial charge < -0.3 is 24.8 Å². The first kappa shape index (κ1) is 29.5. The van der Waals surface area contributed by atoms with Gasteiger partial charge in [0.15, 0.2) is 0 Å². The van der Waals surface area contributed by atoms with Crippen molar-refractivity contribution < 1.29 is 51.0 Å². The van der Waals surface area contributed by atoms with Crippen molar-refractivity contribution in [2.75, 3.05) is 0 Å². The summed E-state index contributed by atoms with van der Waals surface area (Å²) >= 11 is 0. The predicted molar refractivity (Wildman–Crippen MR) is 117 cm³/mol. The summed E-state index contributed by atoms with van der Waals surface area (Å²) in [6, 6.07) is 30.8. The molecular weight excluding hydrogens is 478 g/mol. The summed E-state index contributed by atoms with van der Waals surface area (Å²) in [6.07, 6.45) is 0. The van der Waals surface area contributed by atoms with Gasteiger partial charge in [0.25, 0.3) is 0 Å². The topological polar surface area (TPSA) is 0 Å². The van der Waals surface area contributed by atoms with Crippen molar-refractivity contribution in [2.24, 2.45) is 0 Å². The molecule has 0 aromatic heterocycles. The number of hydrogen-bond donors (Lipinski definition) is 0. The quantitative estimate of drug-likeness (QED) is 0.286. The molecule has 0 aliphatic heterocycles.